The van der Waals surface area contributed by atoms with Crippen LogP contribution < -0.4 is 4.74 Å². The van der Waals surface area contributed by atoms with Crippen LogP contribution >= 0.6 is 0 Å². The standard InChI is InChI=1S/C19H20O9S/c1-4-27-18(22)13-10-14(20)15(19(23)28-5-2)17(16(13)21)29(24,25)12-8-6-11(26-3)7-9-12/h6-10,20-21H,4-5H2,1-3H3. The molecule has 0 saturated heterocycles. The van der Waals surface area contributed by atoms with Crippen molar-refractivity contribution in [2.75, 3.05) is 20.3 Å². The summed E-state index contributed by atoms with van der Waals surface area (Å²) in [6.07, 6.45) is 0. The summed E-state index contributed by atoms with van der Waals surface area (Å²) >= 11 is 0. The Labute approximate surface area is 167 Å². The number of ether oxygens (including phenoxy) is 3. The van der Waals surface area contributed by atoms with Gasteiger partial charge in [-0.3, -0.25) is 0 Å². The number of methoxy groups -OCH3 is 1. The Morgan fingerprint density at radius 3 is 2.03 bits per heavy atom. The second kappa shape index (κ2) is 8.82. The molecule has 0 fully saturated rings. The van der Waals surface area contributed by atoms with Gasteiger partial charge < -0.3 is 24.4 Å². The summed E-state index contributed by atoms with van der Waals surface area (Å²) < 4.78 is 41.0. The third-order valence-corrected chi connectivity index (χ3v) is 5.68. The van der Waals surface area contributed by atoms with E-state index >= 15 is 0 Å². The van der Waals surface area contributed by atoms with Gasteiger partial charge in [-0.05, 0) is 44.2 Å². The highest BCUT2D eigenvalue weighted by Gasteiger charge is 2.35. The van der Waals surface area contributed by atoms with Crippen LogP contribution in [-0.2, 0) is 19.3 Å². The van der Waals surface area contributed by atoms with Gasteiger partial charge in [0.15, 0.2) is 0 Å². The molecule has 0 aliphatic heterocycles. The minimum Gasteiger partial charge on any atom is -0.507 e. The fraction of sp³-hybridized carbons (Fsp3) is 0.263. The number of esters is 2. The Bertz CT molecular complexity index is 1020. The number of hydrogen-bond donors (Lipinski definition) is 2. The normalized spacial score (nSPS) is 11.0. The lowest BCUT2D eigenvalue weighted by atomic mass is 10.1. The fourth-order valence-corrected chi connectivity index (χ4v) is 4.08. The number of phenols is 2. The Hall–Kier alpha value is -3.27. The Balaban J connectivity index is 2.83. The highest BCUT2D eigenvalue weighted by molar-refractivity contribution is 7.91. The van der Waals surface area contributed by atoms with Crippen molar-refractivity contribution in [2.45, 2.75) is 23.6 Å². The zero-order valence-electron chi connectivity index (χ0n) is 16.0. The van der Waals surface area contributed by atoms with Crippen molar-refractivity contribution in [1.82, 2.24) is 0 Å². The van der Waals surface area contributed by atoms with Gasteiger partial charge in [-0.15, -0.1) is 0 Å². The van der Waals surface area contributed by atoms with Crippen molar-refractivity contribution >= 4 is 21.8 Å². The summed E-state index contributed by atoms with van der Waals surface area (Å²) in [7, 11) is -3.16. The van der Waals surface area contributed by atoms with E-state index in [-0.39, 0.29) is 18.1 Å². The molecule has 0 radical (unpaired) electrons. The number of hydrogen-bond acceptors (Lipinski definition) is 9. The quantitative estimate of drug-likeness (QED) is 0.506. The number of rotatable bonds is 7. The van der Waals surface area contributed by atoms with E-state index in [4.69, 9.17) is 14.2 Å². The third-order valence-electron chi connectivity index (χ3n) is 3.85. The molecule has 10 heteroatoms. The first-order chi connectivity index (χ1) is 13.7. The first kappa shape index (κ1) is 22.0. The zero-order valence-corrected chi connectivity index (χ0v) is 16.8. The average Bonchev–Trinajstić information content (AvgIpc) is 2.69. The van der Waals surface area contributed by atoms with E-state index in [1.54, 1.807) is 0 Å². The van der Waals surface area contributed by atoms with Gasteiger partial charge in [0, 0.05) is 0 Å². The van der Waals surface area contributed by atoms with Crippen molar-refractivity contribution in [2.24, 2.45) is 0 Å². The highest BCUT2D eigenvalue weighted by atomic mass is 32.2. The topological polar surface area (TPSA) is 136 Å². The molecular formula is C19H20O9S. The lowest BCUT2D eigenvalue weighted by molar-refractivity contribution is 0.0500. The number of benzene rings is 2. The van der Waals surface area contributed by atoms with Gasteiger partial charge in [0.2, 0.25) is 9.84 Å². The molecule has 0 spiro atoms. The van der Waals surface area contributed by atoms with Crippen molar-refractivity contribution in [3.8, 4) is 17.2 Å². The molecule has 0 atom stereocenters. The summed E-state index contributed by atoms with van der Waals surface area (Å²) in [6, 6.07) is 5.87. The molecule has 0 aliphatic rings. The predicted molar refractivity (Wildman–Crippen MR) is 100 cm³/mol. The van der Waals surface area contributed by atoms with Crippen molar-refractivity contribution in [3.63, 3.8) is 0 Å². The molecule has 0 amide bonds. The van der Waals surface area contributed by atoms with Gasteiger partial charge >= 0.3 is 11.9 Å². The molecule has 0 saturated carbocycles. The summed E-state index contributed by atoms with van der Waals surface area (Å²) in [5, 5.41) is 20.9. The molecule has 2 aromatic carbocycles. The molecular weight excluding hydrogens is 404 g/mol. The van der Waals surface area contributed by atoms with Crippen LogP contribution in [0.2, 0.25) is 0 Å². The first-order valence-corrected chi connectivity index (χ1v) is 9.99. The van der Waals surface area contributed by atoms with Crippen molar-refractivity contribution < 1.29 is 42.4 Å². The molecule has 0 aliphatic carbocycles. The number of sulfone groups is 1. The van der Waals surface area contributed by atoms with Crippen LogP contribution in [0.3, 0.4) is 0 Å². The number of aromatic hydroxyl groups is 2. The van der Waals surface area contributed by atoms with Crippen LogP contribution in [0.4, 0.5) is 0 Å². The minimum absolute atomic E-state index is 0.0563. The maximum atomic E-state index is 13.2. The Kier molecular flexibility index (Phi) is 6.70. The predicted octanol–water partition coefficient (Wildman–Crippen LogP) is 2.29. The average molecular weight is 424 g/mol. The summed E-state index contributed by atoms with van der Waals surface area (Å²) in [6.45, 7) is 2.83. The SMILES string of the molecule is CCOC(=O)c1cc(O)c(C(=O)OCC)c(S(=O)(=O)c2ccc(OC)cc2)c1O. The summed E-state index contributed by atoms with van der Waals surface area (Å²) in [4.78, 5) is 23.2. The van der Waals surface area contributed by atoms with Gasteiger partial charge in [0.05, 0.1) is 25.2 Å². The maximum absolute atomic E-state index is 13.2. The van der Waals surface area contributed by atoms with E-state index in [2.05, 4.69) is 0 Å². The first-order valence-electron chi connectivity index (χ1n) is 8.51. The maximum Gasteiger partial charge on any atom is 0.343 e. The molecule has 0 bridgehead atoms. The van der Waals surface area contributed by atoms with E-state index in [0.29, 0.717) is 5.75 Å². The fourth-order valence-electron chi connectivity index (χ4n) is 2.53. The molecule has 0 unspecified atom stereocenters. The molecule has 29 heavy (non-hydrogen) atoms. The van der Waals surface area contributed by atoms with E-state index < -0.39 is 49.3 Å². The lowest BCUT2D eigenvalue weighted by Crippen LogP contribution is -2.16. The van der Waals surface area contributed by atoms with E-state index in [1.165, 1.54) is 45.2 Å². The van der Waals surface area contributed by atoms with E-state index in [0.717, 1.165) is 6.07 Å². The molecule has 0 aromatic heterocycles. The molecule has 2 rings (SSSR count). The molecule has 9 nitrogen and oxygen atoms in total. The monoisotopic (exact) mass is 424 g/mol. The summed E-state index contributed by atoms with van der Waals surface area (Å²) in [5.41, 5.74) is -1.39. The molecule has 2 N–H and O–H groups in total. The second-order valence-electron chi connectivity index (χ2n) is 5.62. The molecule has 2 aromatic rings. The molecule has 156 valence electrons. The van der Waals surface area contributed by atoms with Crippen molar-refractivity contribution in [3.05, 3.63) is 41.5 Å². The largest absolute Gasteiger partial charge is 0.507 e. The van der Waals surface area contributed by atoms with Crippen molar-refractivity contribution in [1.29, 1.82) is 0 Å². The van der Waals surface area contributed by atoms with Gasteiger partial charge in [0.25, 0.3) is 0 Å². The van der Waals surface area contributed by atoms with Gasteiger partial charge in [-0.25, -0.2) is 18.0 Å². The van der Waals surface area contributed by atoms with Gasteiger partial charge in [-0.1, -0.05) is 0 Å². The summed E-state index contributed by atoms with van der Waals surface area (Å²) in [5.74, 6) is -3.75. The number of phenolic OH excluding ortho intramolecular Hbond substituents is 2. The van der Waals surface area contributed by atoms with Gasteiger partial charge in [0.1, 0.15) is 33.3 Å². The van der Waals surface area contributed by atoms with Gasteiger partial charge in [-0.2, -0.15) is 0 Å². The van der Waals surface area contributed by atoms with Crippen LogP contribution in [-0.4, -0.2) is 50.9 Å². The lowest BCUT2D eigenvalue weighted by Gasteiger charge is -2.16. The molecule has 0 heterocycles. The van der Waals surface area contributed by atoms with E-state index in [1.807, 2.05) is 0 Å². The number of carbonyl (C=O) groups is 2. The van der Waals surface area contributed by atoms with Crippen LogP contribution in [0.5, 0.6) is 17.2 Å². The highest BCUT2D eigenvalue weighted by Crippen LogP contribution is 2.40. The van der Waals surface area contributed by atoms with E-state index in [9.17, 15) is 28.2 Å². The second-order valence-corrected chi connectivity index (χ2v) is 7.50. The Morgan fingerprint density at radius 2 is 1.52 bits per heavy atom. The Morgan fingerprint density at radius 1 is 0.966 bits per heavy atom. The van der Waals surface area contributed by atoms with Crippen LogP contribution in [0.1, 0.15) is 34.6 Å². The smallest absolute Gasteiger partial charge is 0.343 e. The number of carbonyl (C=O) groups excluding carboxylic acids is 2. The zero-order chi connectivity index (χ0) is 21.8. The van der Waals surface area contributed by atoms with Crippen LogP contribution in [0.25, 0.3) is 0 Å². The third kappa shape index (κ3) is 4.27. The van der Waals surface area contributed by atoms with Crippen LogP contribution in [0.15, 0.2) is 40.1 Å². The van der Waals surface area contributed by atoms with Crippen LogP contribution in [0, 0.1) is 0 Å². The minimum atomic E-state index is -4.56.